The van der Waals surface area contributed by atoms with Crippen molar-refractivity contribution in [2.45, 2.75) is 6.54 Å². The minimum Gasteiger partial charge on any atom is -0.351 e. The first-order chi connectivity index (χ1) is 14.2. The van der Waals surface area contributed by atoms with Gasteiger partial charge in [0.15, 0.2) is 5.82 Å². The van der Waals surface area contributed by atoms with Gasteiger partial charge in [-0.2, -0.15) is 15.5 Å². The highest BCUT2D eigenvalue weighted by Gasteiger charge is 2.20. The Bertz CT molecular complexity index is 1070. The van der Waals surface area contributed by atoms with Crippen molar-refractivity contribution in [2.75, 3.05) is 37.6 Å². The Morgan fingerprint density at radius 1 is 0.966 bits per heavy atom. The first kappa shape index (κ1) is 18.7. The Kier molecular flexibility index (Phi) is 5.54. The molecular formula is C20H20N8O. The van der Waals surface area contributed by atoms with Crippen molar-refractivity contribution < 1.29 is 0 Å². The van der Waals surface area contributed by atoms with E-state index in [0.29, 0.717) is 17.9 Å². The van der Waals surface area contributed by atoms with Crippen LogP contribution in [0.5, 0.6) is 0 Å². The summed E-state index contributed by atoms with van der Waals surface area (Å²) in [6, 6.07) is 10.9. The molecular weight excluding hydrogens is 368 g/mol. The molecule has 0 aromatic carbocycles. The second kappa shape index (κ2) is 8.58. The van der Waals surface area contributed by atoms with Crippen molar-refractivity contribution in [2.24, 2.45) is 0 Å². The van der Waals surface area contributed by atoms with Crippen LogP contribution in [0.15, 0.2) is 53.7 Å². The second-order valence-electron chi connectivity index (χ2n) is 6.72. The number of nitriles is 1. The zero-order chi connectivity index (χ0) is 20.1. The van der Waals surface area contributed by atoms with E-state index in [2.05, 4.69) is 36.1 Å². The van der Waals surface area contributed by atoms with Gasteiger partial charge in [-0.1, -0.05) is 0 Å². The molecule has 0 atom stereocenters. The van der Waals surface area contributed by atoms with E-state index in [1.165, 1.54) is 10.9 Å². The highest BCUT2D eigenvalue weighted by Crippen LogP contribution is 2.17. The lowest BCUT2D eigenvalue weighted by atomic mass is 10.2. The number of hydrogen-bond donors (Lipinski definition) is 0. The van der Waals surface area contributed by atoms with E-state index in [1.807, 2.05) is 12.1 Å². The van der Waals surface area contributed by atoms with Gasteiger partial charge in [0.25, 0.3) is 5.56 Å². The molecule has 146 valence electrons. The van der Waals surface area contributed by atoms with Crippen molar-refractivity contribution in [3.63, 3.8) is 0 Å². The zero-order valence-electron chi connectivity index (χ0n) is 15.8. The number of aromatic nitrogens is 5. The molecule has 9 heteroatoms. The fourth-order valence-corrected chi connectivity index (χ4v) is 3.35. The van der Waals surface area contributed by atoms with E-state index in [9.17, 15) is 10.1 Å². The molecule has 0 unspecified atom stereocenters. The summed E-state index contributed by atoms with van der Waals surface area (Å²) in [5, 5.41) is 21.8. The standard InChI is InChI=1S/C20H20N8O/c21-15-17-5-8-23-24-20(17)27-12-9-26(10-13-27)11-14-28-19(29)2-1-18(25-28)16-3-6-22-7-4-16/h1-8H,9-14H2. The summed E-state index contributed by atoms with van der Waals surface area (Å²) in [6.07, 6.45) is 4.95. The summed E-state index contributed by atoms with van der Waals surface area (Å²) in [7, 11) is 0. The smallest absolute Gasteiger partial charge is 0.266 e. The Labute approximate surface area is 167 Å². The van der Waals surface area contributed by atoms with E-state index in [1.54, 1.807) is 30.6 Å². The van der Waals surface area contributed by atoms with Crippen LogP contribution in [-0.4, -0.2) is 62.6 Å². The average Bonchev–Trinajstić information content (AvgIpc) is 2.79. The quantitative estimate of drug-likeness (QED) is 0.632. The number of anilines is 1. The van der Waals surface area contributed by atoms with E-state index in [-0.39, 0.29) is 5.56 Å². The van der Waals surface area contributed by atoms with Crippen molar-refractivity contribution in [3.05, 3.63) is 64.8 Å². The molecule has 4 heterocycles. The van der Waals surface area contributed by atoms with E-state index in [0.717, 1.165) is 44.0 Å². The van der Waals surface area contributed by atoms with Crippen LogP contribution in [0, 0.1) is 11.3 Å². The fourth-order valence-electron chi connectivity index (χ4n) is 3.35. The molecule has 3 aromatic rings. The van der Waals surface area contributed by atoms with Crippen LogP contribution >= 0.6 is 0 Å². The lowest BCUT2D eigenvalue weighted by Crippen LogP contribution is -2.48. The average molecular weight is 388 g/mol. The van der Waals surface area contributed by atoms with Crippen LogP contribution < -0.4 is 10.5 Å². The van der Waals surface area contributed by atoms with Crippen molar-refractivity contribution in [1.29, 1.82) is 5.26 Å². The molecule has 0 aliphatic carbocycles. The van der Waals surface area contributed by atoms with Gasteiger partial charge in [-0.05, 0) is 24.3 Å². The van der Waals surface area contributed by atoms with Gasteiger partial charge in [-0.25, -0.2) is 4.68 Å². The van der Waals surface area contributed by atoms with Crippen LogP contribution in [-0.2, 0) is 6.54 Å². The van der Waals surface area contributed by atoms with Crippen molar-refractivity contribution in [3.8, 4) is 17.3 Å². The predicted molar refractivity (Wildman–Crippen MR) is 107 cm³/mol. The molecule has 1 aliphatic heterocycles. The molecule has 9 nitrogen and oxygen atoms in total. The maximum atomic E-state index is 12.2. The van der Waals surface area contributed by atoms with E-state index in [4.69, 9.17) is 0 Å². The lowest BCUT2D eigenvalue weighted by Gasteiger charge is -2.35. The number of rotatable bonds is 5. The molecule has 29 heavy (non-hydrogen) atoms. The van der Waals surface area contributed by atoms with Crippen molar-refractivity contribution >= 4 is 5.82 Å². The molecule has 0 bridgehead atoms. The molecule has 1 fully saturated rings. The van der Waals surface area contributed by atoms with Gasteiger partial charge in [-0.3, -0.25) is 14.7 Å². The second-order valence-corrected chi connectivity index (χ2v) is 6.72. The summed E-state index contributed by atoms with van der Waals surface area (Å²) in [5.41, 5.74) is 2.11. The van der Waals surface area contributed by atoms with Gasteiger partial charge in [-0.15, -0.1) is 5.10 Å². The zero-order valence-corrected chi connectivity index (χ0v) is 15.8. The normalized spacial score (nSPS) is 14.5. The maximum absolute atomic E-state index is 12.2. The largest absolute Gasteiger partial charge is 0.351 e. The summed E-state index contributed by atoms with van der Waals surface area (Å²) in [5.74, 6) is 0.637. The summed E-state index contributed by atoms with van der Waals surface area (Å²) in [4.78, 5) is 20.6. The number of nitrogens with zero attached hydrogens (tertiary/aromatic N) is 8. The monoisotopic (exact) mass is 388 g/mol. The van der Waals surface area contributed by atoms with Crippen molar-refractivity contribution in [1.82, 2.24) is 29.9 Å². The van der Waals surface area contributed by atoms with Gasteiger partial charge in [0.2, 0.25) is 0 Å². The molecule has 1 aliphatic rings. The molecule has 0 saturated carbocycles. The molecule has 1 saturated heterocycles. The fraction of sp³-hybridized carbons (Fsp3) is 0.300. The minimum atomic E-state index is -0.111. The number of hydrogen-bond acceptors (Lipinski definition) is 8. The SMILES string of the molecule is N#Cc1ccnnc1N1CCN(CCn2nc(-c3ccncc3)ccc2=O)CC1. The third kappa shape index (κ3) is 4.28. The Balaban J connectivity index is 1.37. The van der Waals surface area contributed by atoms with Gasteiger partial charge in [0.1, 0.15) is 6.07 Å². The highest BCUT2D eigenvalue weighted by molar-refractivity contribution is 5.57. The molecule has 0 radical (unpaired) electrons. The van der Waals surface area contributed by atoms with Crippen LogP contribution in [0.4, 0.5) is 5.82 Å². The van der Waals surface area contributed by atoms with E-state index >= 15 is 0 Å². The van der Waals surface area contributed by atoms with Crippen LogP contribution in [0.3, 0.4) is 0 Å². The van der Waals surface area contributed by atoms with Crippen LogP contribution in [0.2, 0.25) is 0 Å². The number of piperazine rings is 1. The Hall–Kier alpha value is -3.64. The summed E-state index contributed by atoms with van der Waals surface area (Å²) in [6.45, 7) is 4.40. The molecule has 3 aromatic heterocycles. The maximum Gasteiger partial charge on any atom is 0.266 e. The number of pyridine rings is 1. The van der Waals surface area contributed by atoms with Gasteiger partial charge in [0.05, 0.1) is 24.0 Å². The lowest BCUT2D eigenvalue weighted by molar-refractivity contribution is 0.242. The highest BCUT2D eigenvalue weighted by atomic mass is 16.1. The topological polar surface area (TPSA) is 104 Å². The molecule has 4 rings (SSSR count). The Morgan fingerprint density at radius 3 is 2.52 bits per heavy atom. The first-order valence-electron chi connectivity index (χ1n) is 9.42. The third-order valence-corrected chi connectivity index (χ3v) is 4.96. The molecule has 0 N–H and O–H groups in total. The van der Waals surface area contributed by atoms with Crippen LogP contribution in [0.1, 0.15) is 5.56 Å². The molecule has 0 amide bonds. The third-order valence-electron chi connectivity index (χ3n) is 4.96. The molecule has 0 spiro atoms. The van der Waals surface area contributed by atoms with Gasteiger partial charge in [0, 0.05) is 56.7 Å². The van der Waals surface area contributed by atoms with E-state index < -0.39 is 0 Å². The first-order valence-corrected chi connectivity index (χ1v) is 9.42. The summed E-state index contributed by atoms with van der Waals surface area (Å²) < 4.78 is 1.51. The predicted octanol–water partition coefficient (Wildman–Crippen LogP) is 0.789. The van der Waals surface area contributed by atoms with Gasteiger partial charge >= 0.3 is 0 Å². The minimum absolute atomic E-state index is 0.111. The summed E-state index contributed by atoms with van der Waals surface area (Å²) >= 11 is 0. The Morgan fingerprint density at radius 2 is 1.76 bits per heavy atom. The van der Waals surface area contributed by atoms with Gasteiger partial charge < -0.3 is 4.90 Å². The van der Waals surface area contributed by atoms with Crippen LogP contribution in [0.25, 0.3) is 11.3 Å².